The van der Waals surface area contributed by atoms with E-state index in [0.29, 0.717) is 0 Å². The molecule has 1 aliphatic rings. The van der Waals surface area contributed by atoms with Crippen LogP contribution in [0, 0.1) is 0 Å². The first-order valence-corrected chi connectivity index (χ1v) is 7.03. The lowest BCUT2D eigenvalue weighted by Gasteiger charge is -2.22. The van der Waals surface area contributed by atoms with Gasteiger partial charge in [-0.3, -0.25) is 9.88 Å². The fourth-order valence-corrected chi connectivity index (χ4v) is 2.32. The number of nitrogens with one attached hydrogen (secondary N) is 1. The number of ether oxygens (including phenoxy) is 1. The predicted molar refractivity (Wildman–Crippen MR) is 77.3 cm³/mol. The third-order valence-electron chi connectivity index (χ3n) is 3.12. The lowest BCUT2D eigenvalue weighted by molar-refractivity contribution is 0.0506. The minimum Gasteiger partial charge on any atom is -0.444 e. The van der Waals surface area contributed by atoms with E-state index in [1.165, 1.54) is 5.56 Å². The maximum absolute atomic E-state index is 11.7. The smallest absolute Gasteiger partial charge is 0.407 e. The summed E-state index contributed by atoms with van der Waals surface area (Å²) in [5.74, 6) is 0. The van der Waals surface area contributed by atoms with Gasteiger partial charge in [0, 0.05) is 38.1 Å². The van der Waals surface area contributed by atoms with Crippen LogP contribution in [0.15, 0.2) is 24.5 Å². The van der Waals surface area contributed by atoms with Crippen LogP contribution in [0.4, 0.5) is 4.79 Å². The second kappa shape index (κ2) is 6.22. The van der Waals surface area contributed by atoms with Gasteiger partial charge in [0.05, 0.1) is 0 Å². The average Bonchev–Trinajstić information content (AvgIpc) is 2.75. The molecule has 0 radical (unpaired) electrons. The van der Waals surface area contributed by atoms with Crippen LogP contribution < -0.4 is 5.32 Å². The van der Waals surface area contributed by atoms with E-state index in [-0.39, 0.29) is 12.1 Å². The van der Waals surface area contributed by atoms with Gasteiger partial charge in [0.25, 0.3) is 0 Å². The second-order valence-corrected chi connectivity index (χ2v) is 6.23. The highest BCUT2D eigenvalue weighted by molar-refractivity contribution is 5.68. The summed E-state index contributed by atoms with van der Waals surface area (Å²) < 4.78 is 5.27. The Morgan fingerprint density at radius 2 is 2.35 bits per heavy atom. The number of likely N-dealkylation sites (tertiary alicyclic amines) is 1. The first-order valence-electron chi connectivity index (χ1n) is 7.03. The fraction of sp³-hybridized carbons (Fsp3) is 0.600. The molecule has 1 aliphatic heterocycles. The molecular formula is C15H23N3O2. The van der Waals surface area contributed by atoms with Gasteiger partial charge in [-0.1, -0.05) is 6.07 Å². The van der Waals surface area contributed by atoms with Crippen LogP contribution in [0.1, 0.15) is 32.8 Å². The molecule has 1 amide bonds. The Labute approximate surface area is 120 Å². The highest BCUT2D eigenvalue weighted by atomic mass is 16.6. The predicted octanol–water partition coefficient (Wildman–Crippen LogP) is 2.18. The van der Waals surface area contributed by atoms with Gasteiger partial charge < -0.3 is 10.1 Å². The van der Waals surface area contributed by atoms with Crippen LogP contribution >= 0.6 is 0 Å². The molecule has 1 N–H and O–H groups in total. The number of rotatable bonds is 3. The Kier molecular flexibility index (Phi) is 4.60. The Balaban J connectivity index is 1.77. The van der Waals surface area contributed by atoms with Crippen LogP contribution in [-0.4, -0.2) is 40.7 Å². The van der Waals surface area contributed by atoms with Crippen molar-refractivity contribution in [3.63, 3.8) is 0 Å². The lowest BCUT2D eigenvalue weighted by atomic mass is 10.2. The molecule has 1 aromatic rings. The molecule has 0 spiro atoms. The van der Waals surface area contributed by atoms with Crippen LogP contribution in [-0.2, 0) is 11.3 Å². The van der Waals surface area contributed by atoms with E-state index in [9.17, 15) is 4.79 Å². The molecule has 0 aliphatic carbocycles. The maximum Gasteiger partial charge on any atom is 0.407 e. The third kappa shape index (κ3) is 4.81. The van der Waals surface area contributed by atoms with Crippen molar-refractivity contribution in [1.29, 1.82) is 0 Å². The standard InChI is InChI=1S/C15H23N3O2/c1-15(2,3)20-14(19)17-13-6-8-18(11-13)10-12-5-4-7-16-9-12/h4-5,7,9,13H,6,8,10-11H2,1-3H3,(H,17,19). The summed E-state index contributed by atoms with van der Waals surface area (Å²) in [6, 6.07) is 4.19. The van der Waals surface area contributed by atoms with E-state index in [2.05, 4.69) is 21.3 Å². The van der Waals surface area contributed by atoms with E-state index in [0.717, 1.165) is 26.1 Å². The SMILES string of the molecule is CC(C)(C)OC(=O)NC1CCN(Cc2cccnc2)C1. The van der Waals surface area contributed by atoms with Crippen LogP contribution in [0.2, 0.25) is 0 Å². The van der Waals surface area contributed by atoms with Gasteiger partial charge >= 0.3 is 6.09 Å². The number of alkyl carbamates (subject to hydrolysis) is 1. The Morgan fingerprint density at radius 1 is 1.55 bits per heavy atom. The summed E-state index contributed by atoms with van der Waals surface area (Å²) in [5, 5.41) is 2.93. The molecule has 5 nitrogen and oxygen atoms in total. The zero-order valence-electron chi connectivity index (χ0n) is 12.4. The minimum atomic E-state index is -0.446. The number of aromatic nitrogens is 1. The Bertz CT molecular complexity index is 442. The van der Waals surface area contributed by atoms with Gasteiger partial charge in [0.1, 0.15) is 5.60 Å². The van der Waals surface area contributed by atoms with Gasteiger partial charge in [0.15, 0.2) is 0 Å². The summed E-state index contributed by atoms with van der Waals surface area (Å²) in [6.07, 6.45) is 4.29. The summed E-state index contributed by atoms with van der Waals surface area (Å²) in [6.45, 7) is 8.33. The zero-order chi connectivity index (χ0) is 14.6. The Morgan fingerprint density at radius 3 is 3.00 bits per heavy atom. The minimum absolute atomic E-state index is 0.168. The highest BCUT2D eigenvalue weighted by Crippen LogP contribution is 2.14. The van der Waals surface area contributed by atoms with Crippen molar-refractivity contribution in [2.75, 3.05) is 13.1 Å². The van der Waals surface area contributed by atoms with Crippen molar-refractivity contribution in [3.05, 3.63) is 30.1 Å². The monoisotopic (exact) mass is 277 g/mol. The molecule has 1 saturated heterocycles. The van der Waals surface area contributed by atoms with Gasteiger partial charge in [-0.05, 0) is 38.8 Å². The van der Waals surface area contributed by atoms with Crippen LogP contribution in [0.5, 0.6) is 0 Å². The van der Waals surface area contributed by atoms with E-state index in [1.54, 1.807) is 6.20 Å². The summed E-state index contributed by atoms with van der Waals surface area (Å²) in [7, 11) is 0. The number of hydrogen-bond donors (Lipinski definition) is 1. The molecule has 20 heavy (non-hydrogen) atoms. The summed E-state index contributed by atoms with van der Waals surface area (Å²) in [4.78, 5) is 18.2. The summed E-state index contributed by atoms with van der Waals surface area (Å²) >= 11 is 0. The van der Waals surface area contributed by atoms with Gasteiger partial charge in [-0.2, -0.15) is 0 Å². The van der Waals surface area contributed by atoms with Crippen LogP contribution in [0.25, 0.3) is 0 Å². The van der Waals surface area contributed by atoms with E-state index < -0.39 is 5.60 Å². The molecule has 2 rings (SSSR count). The molecule has 1 unspecified atom stereocenters. The molecule has 5 heteroatoms. The van der Waals surface area contributed by atoms with Gasteiger partial charge in [-0.15, -0.1) is 0 Å². The molecular weight excluding hydrogens is 254 g/mol. The van der Waals surface area contributed by atoms with Crippen molar-refractivity contribution in [2.45, 2.75) is 45.4 Å². The van der Waals surface area contributed by atoms with Crippen molar-refractivity contribution in [3.8, 4) is 0 Å². The molecule has 0 aromatic carbocycles. The maximum atomic E-state index is 11.7. The van der Waals surface area contributed by atoms with E-state index in [4.69, 9.17) is 4.74 Å². The van der Waals surface area contributed by atoms with Gasteiger partial charge in [0.2, 0.25) is 0 Å². The normalized spacial score (nSPS) is 19.9. The third-order valence-corrected chi connectivity index (χ3v) is 3.12. The number of carbonyl (C=O) groups is 1. The number of amides is 1. The number of nitrogens with zero attached hydrogens (tertiary/aromatic N) is 2. The van der Waals surface area contributed by atoms with Crippen molar-refractivity contribution in [2.24, 2.45) is 0 Å². The number of carbonyl (C=O) groups excluding carboxylic acids is 1. The average molecular weight is 277 g/mol. The van der Waals surface area contributed by atoms with Gasteiger partial charge in [-0.25, -0.2) is 4.79 Å². The molecule has 1 aromatic heterocycles. The fourth-order valence-electron chi connectivity index (χ4n) is 2.32. The topological polar surface area (TPSA) is 54.5 Å². The van der Waals surface area contributed by atoms with Crippen molar-refractivity contribution in [1.82, 2.24) is 15.2 Å². The molecule has 2 heterocycles. The molecule has 110 valence electrons. The van der Waals surface area contributed by atoms with E-state index in [1.807, 2.05) is 33.0 Å². The molecule has 1 fully saturated rings. The van der Waals surface area contributed by atoms with E-state index >= 15 is 0 Å². The Hall–Kier alpha value is -1.62. The second-order valence-electron chi connectivity index (χ2n) is 6.23. The molecule has 1 atom stereocenters. The number of pyridine rings is 1. The molecule has 0 bridgehead atoms. The quantitative estimate of drug-likeness (QED) is 0.920. The zero-order valence-corrected chi connectivity index (χ0v) is 12.4. The first kappa shape index (κ1) is 14.8. The molecule has 0 saturated carbocycles. The van der Waals surface area contributed by atoms with Crippen molar-refractivity contribution >= 4 is 6.09 Å². The van der Waals surface area contributed by atoms with Crippen LogP contribution in [0.3, 0.4) is 0 Å². The van der Waals surface area contributed by atoms with Crippen molar-refractivity contribution < 1.29 is 9.53 Å². The number of hydrogen-bond acceptors (Lipinski definition) is 4. The summed E-state index contributed by atoms with van der Waals surface area (Å²) in [5.41, 5.74) is 0.753. The lowest BCUT2D eigenvalue weighted by Crippen LogP contribution is -2.40. The highest BCUT2D eigenvalue weighted by Gasteiger charge is 2.25. The first-order chi connectivity index (χ1) is 9.42. The largest absolute Gasteiger partial charge is 0.444 e.